The van der Waals surface area contributed by atoms with E-state index in [4.69, 9.17) is 0 Å². The van der Waals surface area contributed by atoms with Gasteiger partial charge in [-0.05, 0) is 44.4 Å². The molecule has 1 N–H and O–H groups in total. The maximum Gasteiger partial charge on any atom is 0.394 e. The predicted octanol–water partition coefficient (Wildman–Crippen LogP) is 3.96. The molecule has 22 heavy (non-hydrogen) atoms. The lowest BCUT2D eigenvalue weighted by atomic mass is 9.41. The largest absolute Gasteiger partial charge is 0.394 e. The van der Waals surface area contributed by atoms with Crippen molar-refractivity contribution >= 4 is 5.91 Å². The van der Waals surface area contributed by atoms with Gasteiger partial charge in [0.1, 0.15) is 0 Å². The molecule has 4 bridgehead atoms. The lowest BCUT2D eigenvalue weighted by molar-refractivity contribution is -0.342. The fourth-order valence-electron chi connectivity index (χ4n) is 5.58. The van der Waals surface area contributed by atoms with Crippen molar-refractivity contribution in [2.45, 2.75) is 63.3 Å². The van der Waals surface area contributed by atoms with E-state index in [1.807, 2.05) is 0 Å². The summed E-state index contributed by atoms with van der Waals surface area (Å²) in [4.78, 5) is 11.4. The average Bonchev–Trinajstić information content (AvgIpc) is 2.21. The third kappa shape index (κ3) is 2.05. The van der Waals surface area contributed by atoms with Crippen LogP contribution >= 0.6 is 0 Å². The maximum absolute atomic E-state index is 13.6. The molecular weight excluding hydrogens is 312 g/mol. The summed E-state index contributed by atoms with van der Waals surface area (Å²) in [5.74, 6) is -1.22. The third-order valence-electron chi connectivity index (χ3n) is 5.71. The molecule has 0 spiro atoms. The normalized spacial score (nSPS) is 44.2. The van der Waals surface area contributed by atoms with Crippen LogP contribution in [0.4, 0.5) is 26.3 Å². The topological polar surface area (TPSA) is 29.1 Å². The van der Waals surface area contributed by atoms with Crippen LogP contribution in [0.3, 0.4) is 0 Å². The molecule has 4 aliphatic rings. The van der Waals surface area contributed by atoms with Crippen molar-refractivity contribution < 1.29 is 31.1 Å². The van der Waals surface area contributed by atoms with Gasteiger partial charge in [-0.3, -0.25) is 4.79 Å². The molecular formula is C14H17F6NO. The second-order valence-electron chi connectivity index (χ2n) is 7.53. The molecule has 0 aromatic carbocycles. The van der Waals surface area contributed by atoms with Crippen molar-refractivity contribution in [2.75, 3.05) is 0 Å². The van der Waals surface area contributed by atoms with E-state index in [1.165, 1.54) is 0 Å². The minimum Gasteiger partial charge on any atom is -0.351 e. The van der Waals surface area contributed by atoms with E-state index in [-0.39, 0.29) is 19.3 Å². The van der Waals surface area contributed by atoms with Crippen molar-refractivity contribution in [2.24, 2.45) is 16.7 Å². The molecule has 0 saturated heterocycles. The van der Waals surface area contributed by atoms with E-state index in [0.717, 1.165) is 6.92 Å². The summed E-state index contributed by atoms with van der Waals surface area (Å²) < 4.78 is 81.5. The zero-order valence-electron chi connectivity index (χ0n) is 12.0. The molecule has 0 radical (unpaired) electrons. The Kier molecular flexibility index (Phi) is 2.98. The molecule has 0 heterocycles. The van der Waals surface area contributed by atoms with Crippen LogP contribution in [-0.2, 0) is 4.79 Å². The van der Waals surface area contributed by atoms with Gasteiger partial charge in [0.25, 0.3) is 0 Å². The summed E-state index contributed by atoms with van der Waals surface area (Å²) in [5.41, 5.74) is -6.04. The summed E-state index contributed by atoms with van der Waals surface area (Å²) >= 11 is 0. The first-order valence-electron chi connectivity index (χ1n) is 7.24. The number of rotatable bonds is 1. The van der Waals surface area contributed by atoms with Crippen LogP contribution in [0, 0.1) is 16.7 Å². The first-order valence-corrected chi connectivity index (χ1v) is 7.24. The van der Waals surface area contributed by atoms with Gasteiger partial charge in [-0.15, -0.1) is 0 Å². The van der Waals surface area contributed by atoms with E-state index >= 15 is 0 Å². The van der Waals surface area contributed by atoms with Gasteiger partial charge in [0.15, 0.2) is 0 Å². The standard InChI is InChI=1S/C14H17F6NO/c1-8(22)21-12-4-9-2-10(6-12,13(15,16)17)5-11(3-9,7-12)14(18,19)20/h9H,2-7H2,1H3,(H,21,22)/t9?,10-,11+,12?. The number of carbonyl (C=O) groups excluding carboxylic acids is 1. The highest BCUT2D eigenvalue weighted by Gasteiger charge is 2.76. The summed E-state index contributed by atoms with van der Waals surface area (Å²) in [6.07, 6.45) is -11.4. The van der Waals surface area contributed by atoms with Crippen molar-refractivity contribution in [1.29, 1.82) is 0 Å². The summed E-state index contributed by atoms with van der Waals surface area (Å²) in [6, 6.07) is 0. The number of hydrogen-bond acceptors (Lipinski definition) is 1. The predicted molar refractivity (Wildman–Crippen MR) is 64.7 cm³/mol. The van der Waals surface area contributed by atoms with Crippen LogP contribution < -0.4 is 5.32 Å². The number of alkyl halides is 6. The number of hydrogen-bond donors (Lipinski definition) is 1. The molecule has 4 atom stereocenters. The monoisotopic (exact) mass is 329 g/mol. The maximum atomic E-state index is 13.6. The van der Waals surface area contributed by atoms with E-state index in [9.17, 15) is 31.1 Å². The fraction of sp³-hybridized carbons (Fsp3) is 0.929. The van der Waals surface area contributed by atoms with E-state index in [0.29, 0.717) is 0 Å². The molecule has 2 unspecified atom stereocenters. The van der Waals surface area contributed by atoms with Crippen molar-refractivity contribution in [3.05, 3.63) is 0 Å². The Bertz CT molecular complexity index is 480. The van der Waals surface area contributed by atoms with Crippen LogP contribution in [0.1, 0.15) is 45.4 Å². The number of carbonyl (C=O) groups is 1. The Labute approximate surface area is 123 Å². The zero-order valence-corrected chi connectivity index (χ0v) is 12.0. The minimum atomic E-state index is -4.69. The highest BCUT2D eigenvalue weighted by atomic mass is 19.4. The summed E-state index contributed by atoms with van der Waals surface area (Å²) in [7, 11) is 0. The highest BCUT2D eigenvalue weighted by molar-refractivity contribution is 5.74. The molecule has 4 saturated carbocycles. The van der Waals surface area contributed by atoms with Crippen molar-refractivity contribution in [1.82, 2.24) is 5.32 Å². The van der Waals surface area contributed by atoms with Gasteiger partial charge in [-0.25, -0.2) is 0 Å². The second-order valence-corrected chi connectivity index (χ2v) is 7.53. The van der Waals surface area contributed by atoms with Gasteiger partial charge in [-0.2, -0.15) is 26.3 Å². The zero-order chi connectivity index (χ0) is 16.6. The van der Waals surface area contributed by atoms with Crippen molar-refractivity contribution in [3.63, 3.8) is 0 Å². The number of nitrogens with one attached hydrogen (secondary N) is 1. The van der Waals surface area contributed by atoms with Crippen LogP contribution in [-0.4, -0.2) is 23.8 Å². The van der Waals surface area contributed by atoms with Gasteiger partial charge < -0.3 is 5.32 Å². The lowest BCUT2D eigenvalue weighted by Gasteiger charge is -2.66. The van der Waals surface area contributed by atoms with Gasteiger partial charge in [-0.1, -0.05) is 0 Å². The first kappa shape index (κ1) is 15.9. The molecule has 4 fully saturated rings. The molecule has 126 valence electrons. The van der Waals surface area contributed by atoms with Crippen LogP contribution in [0.2, 0.25) is 0 Å². The highest BCUT2D eigenvalue weighted by Crippen LogP contribution is 2.73. The molecule has 4 aliphatic carbocycles. The van der Waals surface area contributed by atoms with E-state index < -0.39 is 59.8 Å². The van der Waals surface area contributed by atoms with Gasteiger partial charge in [0, 0.05) is 12.5 Å². The van der Waals surface area contributed by atoms with Crippen LogP contribution in [0.15, 0.2) is 0 Å². The van der Waals surface area contributed by atoms with Crippen LogP contribution in [0.5, 0.6) is 0 Å². The molecule has 0 aliphatic heterocycles. The van der Waals surface area contributed by atoms with Crippen molar-refractivity contribution in [3.8, 4) is 0 Å². The molecule has 0 aromatic heterocycles. The Hall–Kier alpha value is -0.950. The molecule has 8 heteroatoms. The summed E-state index contributed by atoms with van der Waals surface area (Å²) in [6.45, 7) is 1.14. The Balaban J connectivity index is 2.10. The molecule has 4 rings (SSSR count). The van der Waals surface area contributed by atoms with Gasteiger partial charge in [0.2, 0.25) is 5.91 Å². The van der Waals surface area contributed by atoms with Crippen LogP contribution in [0.25, 0.3) is 0 Å². The minimum absolute atomic E-state index is 0.211. The number of halogens is 6. The Morgan fingerprint density at radius 3 is 1.73 bits per heavy atom. The smallest absolute Gasteiger partial charge is 0.351 e. The second kappa shape index (κ2) is 4.12. The van der Waals surface area contributed by atoms with Gasteiger partial charge >= 0.3 is 12.4 Å². The molecule has 2 nitrogen and oxygen atoms in total. The van der Waals surface area contributed by atoms with E-state index in [2.05, 4.69) is 5.32 Å². The average molecular weight is 329 g/mol. The third-order valence-corrected chi connectivity index (χ3v) is 5.71. The fourth-order valence-corrected chi connectivity index (χ4v) is 5.58. The SMILES string of the molecule is CC(=O)NC12CC3C[C@](C(F)(F)F)(C1)C[C@@](C(F)(F)F)(C3)C2. The van der Waals surface area contributed by atoms with Gasteiger partial charge in [0.05, 0.1) is 10.8 Å². The Morgan fingerprint density at radius 2 is 1.36 bits per heavy atom. The Morgan fingerprint density at radius 1 is 0.909 bits per heavy atom. The van der Waals surface area contributed by atoms with E-state index in [1.54, 1.807) is 0 Å². The quantitative estimate of drug-likeness (QED) is 0.725. The number of amides is 1. The molecule has 0 aromatic rings. The summed E-state index contributed by atoms with van der Waals surface area (Å²) in [5, 5.41) is 2.44. The molecule has 1 amide bonds. The first-order chi connectivity index (χ1) is 9.82. The lowest BCUT2D eigenvalue weighted by Crippen LogP contribution is -2.71.